The van der Waals surface area contributed by atoms with E-state index in [9.17, 15) is 0 Å². The van der Waals surface area contributed by atoms with E-state index in [0.717, 1.165) is 10.7 Å². The molecule has 0 saturated carbocycles. The van der Waals surface area contributed by atoms with Gasteiger partial charge < -0.3 is 5.73 Å². The SMILES string of the molecule is Cc1cccc(C(CN)c2nc(C)cs2)c1. The Bertz CT molecular complexity index is 476. The molecule has 0 aliphatic heterocycles. The van der Waals surface area contributed by atoms with E-state index < -0.39 is 0 Å². The van der Waals surface area contributed by atoms with Crippen molar-refractivity contribution < 1.29 is 0 Å². The second kappa shape index (κ2) is 4.76. The molecule has 0 bridgehead atoms. The third-order valence-corrected chi connectivity index (χ3v) is 3.69. The normalized spacial score (nSPS) is 12.7. The molecule has 1 heterocycles. The van der Waals surface area contributed by atoms with E-state index in [4.69, 9.17) is 5.73 Å². The van der Waals surface area contributed by atoms with Gasteiger partial charge in [-0.2, -0.15) is 0 Å². The number of hydrogen-bond acceptors (Lipinski definition) is 3. The highest BCUT2D eigenvalue weighted by Crippen LogP contribution is 2.26. The molecule has 0 aliphatic carbocycles. The van der Waals surface area contributed by atoms with Crippen LogP contribution in [0.1, 0.15) is 27.7 Å². The largest absolute Gasteiger partial charge is 0.329 e. The Balaban J connectivity index is 2.36. The minimum atomic E-state index is 0.235. The van der Waals surface area contributed by atoms with Crippen LogP contribution < -0.4 is 5.73 Å². The smallest absolute Gasteiger partial charge is 0.102 e. The van der Waals surface area contributed by atoms with Gasteiger partial charge in [0.2, 0.25) is 0 Å². The van der Waals surface area contributed by atoms with Gasteiger partial charge in [-0.25, -0.2) is 4.98 Å². The molecule has 0 aliphatic rings. The first kappa shape index (κ1) is 11.3. The van der Waals surface area contributed by atoms with Gasteiger partial charge in [-0.3, -0.25) is 0 Å². The fourth-order valence-corrected chi connectivity index (χ4v) is 2.74. The molecule has 2 nitrogen and oxygen atoms in total. The van der Waals surface area contributed by atoms with Gasteiger partial charge in [0.1, 0.15) is 5.01 Å². The quantitative estimate of drug-likeness (QED) is 0.883. The van der Waals surface area contributed by atoms with Gasteiger partial charge in [0.05, 0.1) is 0 Å². The highest BCUT2D eigenvalue weighted by atomic mass is 32.1. The van der Waals surface area contributed by atoms with Crippen molar-refractivity contribution in [1.82, 2.24) is 4.98 Å². The lowest BCUT2D eigenvalue weighted by atomic mass is 9.98. The summed E-state index contributed by atoms with van der Waals surface area (Å²) in [6.07, 6.45) is 0. The Morgan fingerprint density at radius 2 is 2.19 bits per heavy atom. The molecule has 1 aromatic heterocycles. The van der Waals surface area contributed by atoms with Crippen LogP contribution in [0.3, 0.4) is 0 Å². The first-order chi connectivity index (χ1) is 7.70. The molecule has 3 heteroatoms. The predicted molar refractivity (Wildman–Crippen MR) is 68.9 cm³/mol. The highest BCUT2D eigenvalue weighted by Gasteiger charge is 2.15. The molecule has 0 spiro atoms. The lowest BCUT2D eigenvalue weighted by Crippen LogP contribution is -2.13. The first-order valence-electron chi connectivity index (χ1n) is 5.39. The Hall–Kier alpha value is -1.19. The van der Waals surface area contributed by atoms with E-state index in [-0.39, 0.29) is 5.92 Å². The number of aryl methyl sites for hydroxylation is 2. The van der Waals surface area contributed by atoms with Crippen molar-refractivity contribution in [3.8, 4) is 0 Å². The predicted octanol–water partition coefficient (Wildman–Crippen LogP) is 2.85. The van der Waals surface area contributed by atoms with Gasteiger partial charge >= 0.3 is 0 Å². The number of benzene rings is 1. The van der Waals surface area contributed by atoms with Crippen LogP contribution in [0.15, 0.2) is 29.6 Å². The van der Waals surface area contributed by atoms with Crippen molar-refractivity contribution >= 4 is 11.3 Å². The van der Waals surface area contributed by atoms with Gasteiger partial charge in [-0.1, -0.05) is 29.8 Å². The van der Waals surface area contributed by atoms with Gasteiger partial charge in [-0.05, 0) is 19.4 Å². The molecule has 1 atom stereocenters. The maximum absolute atomic E-state index is 5.86. The zero-order valence-electron chi connectivity index (χ0n) is 9.60. The zero-order valence-corrected chi connectivity index (χ0v) is 10.4. The van der Waals surface area contributed by atoms with Gasteiger partial charge in [0, 0.05) is 23.5 Å². The van der Waals surface area contributed by atoms with Crippen LogP contribution in [0.25, 0.3) is 0 Å². The lowest BCUT2D eigenvalue weighted by Gasteiger charge is -2.12. The molecule has 0 fully saturated rings. The summed E-state index contributed by atoms with van der Waals surface area (Å²) in [5, 5.41) is 3.19. The zero-order chi connectivity index (χ0) is 11.5. The second-order valence-corrected chi connectivity index (χ2v) is 4.92. The molecular formula is C13H16N2S. The molecule has 16 heavy (non-hydrogen) atoms. The maximum Gasteiger partial charge on any atom is 0.102 e. The molecule has 2 N–H and O–H groups in total. The van der Waals surface area contributed by atoms with E-state index >= 15 is 0 Å². The molecule has 84 valence electrons. The summed E-state index contributed by atoms with van der Waals surface area (Å²) in [7, 11) is 0. The standard InChI is InChI=1S/C13H16N2S/c1-9-4-3-5-11(6-9)12(7-14)13-15-10(2)8-16-13/h3-6,8,12H,7,14H2,1-2H3. The molecule has 2 rings (SSSR count). The summed E-state index contributed by atoms with van der Waals surface area (Å²) >= 11 is 1.69. The second-order valence-electron chi connectivity index (χ2n) is 4.03. The summed E-state index contributed by atoms with van der Waals surface area (Å²) in [4.78, 5) is 4.53. The number of hydrogen-bond donors (Lipinski definition) is 1. The van der Waals surface area contributed by atoms with Crippen molar-refractivity contribution in [2.24, 2.45) is 5.73 Å². The van der Waals surface area contributed by atoms with Crippen LogP contribution in [-0.2, 0) is 0 Å². The van der Waals surface area contributed by atoms with Crippen LogP contribution in [0.5, 0.6) is 0 Å². The topological polar surface area (TPSA) is 38.9 Å². The van der Waals surface area contributed by atoms with Crippen LogP contribution in [0.2, 0.25) is 0 Å². The average Bonchev–Trinajstić information content (AvgIpc) is 2.66. The maximum atomic E-state index is 5.86. The van der Waals surface area contributed by atoms with Gasteiger partial charge in [0.15, 0.2) is 0 Å². The van der Waals surface area contributed by atoms with E-state index in [1.54, 1.807) is 11.3 Å². The minimum Gasteiger partial charge on any atom is -0.329 e. The molecule has 1 aromatic carbocycles. The minimum absolute atomic E-state index is 0.235. The fraction of sp³-hybridized carbons (Fsp3) is 0.308. The first-order valence-corrected chi connectivity index (χ1v) is 6.27. The molecule has 0 radical (unpaired) electrons. The molecular weight excluding hydrogens is 216 g/mol. The number of rotatable bonds is 3. The van der Waals surface area contributed by atoms with Gasteiger partial charge in [-0.15, -0.1) is 11.3 Å². The monoisotopic (exact) mass is 232 g/mol. The summed E-state index contributed by atoms with van der Waals surface area (Å²) < 4.78 is 0. The van der Waals surface area contributed by atoms with Crippen LogP contribution in [0.4, 0.5) is 0 Å². The van der Waals surface area contributed by atoms with Gasteiger partial charge in [0.25, 0.3) is 0 Å². The summed E-state index contributed by atoms with van der Waals surface area (Å²) in [5.74, 6) is 0.235. The fourth-order valence-electron chi connectivity index (χ4n) is 1.80. The number of thiazole rings is 1. The number of nitrogens with zero attached hydrogens (tertiary/aromatic N) is 1. The Labute approximate surface area is 100 Å². The molecule has 0 saturated heterocycles. The van der Waals surface area contributed by atoms with Crippen molar-refractivity contribution in [2.45, 2.75) is 19.8 Å². The van der Waals surface area contributed by atoms with E-state index in [0.29, 0.717) is 6.54 Å². The summed E-state index contributed by atoms with van der Waals surface area (Å²) in [6.45, 7) is 4.73. The third kappa shape index (κ3) is 2.31. The number of nitrogens with two attached hydrogens (primary N) is 1. The molecule has 1 unspecified atom stereocenters. The van der Waals surface area contributed by atoms with Crippen molar-refractivity contribution in [3.05, 3.63) is 51.5 Å². The Kier molecular flexibility index (Phi) is 3.36. The van der Waals surface area contributed by atoms with Crippen molar-refractivity contribution in [3.63, 3.8) is 0 Å². The van der Waals surface area contributed by atoms with E-state index in [2.05, 4.69) is 41.6 Å². The van der Waals surface area contributed by atoms with Crippen LogP contribution >= 0.6 is 11.3 Å². The van der Waals surface area contributed by atoms with Crippen molar-refractivity contribution in [2.75, 3.05) is 6.54 Å². The summed E-state index contributed by atoms with van der Waals surface area (Å²) in [5.41, 5.74) is 9.47. The summed E-state index contributed by atoms with van der Waals surface area (Å²) in [6, 6.07) is 8.49. The third-order valence-electron chi connectivity index (χ3n) is 2.62. The number of aromatic nitrogens is 1. The van der Waals surface area contributed by atoms with E-state index in [1.807, 2.05) is 6.92 Å². The Morgan fingerprint density at radius 1 is 1.38 bits per heavy atom. The average molecular weight is 232 g/mol. The van der Waals surface area contributed by atoms with Crippen molar-refractivity contribution in [1.29, 1.82) is 0 Å². The molecule has 0 amide bonds. The highest BCUT2D eigenvalue weighted by molar-refractivity contribution is 7.09. The molecule has 2 aromatic rings. The lowest BCUT2D eigenvalue weighted by molar-refractivity contribution is 0.805. The Morgan fingerprint density at radius 3 is 2.75 bits per heavy atom. The van der Waals surface area contributed by atoms with Crippen LogP contribution in [0, 0.1) is 13.8 Å². The van der Waals surface area contributed by atoms with Crippen LogP contribution in [-0.4, -0.2) is 11.5 Å². The van der Waals surface area contributed by atoms with E-state index in [1.165, 1.54) is 11.1 Å².